The second kappa shape index (κ2) is 13.7. The maximum absolute atomic E-state index is 10.2. The zero-order valence-corrected chi connectivity index (χ0v) is 31.0. The number of nitrogens with zero attached hydrogens (tertiary/aromatic N) is 1. The van der Waals surface area contributed by atoms with Gasteiger partial charge in [-0.25, -0.2) is 0 Å². The Hall–Kier alpha value is -4.09. The Morgan fingerprint density at radius 2 is 1.63 bits per heavy atom. The van der Waals surface area contributed by atoms with E-state index >= 15 is 0 Å². The average Bonchev–Trinajstić information content (AvgIpc) is 3.79. The highest BCUT2D eigenvalue weighted by Gasteiger charge is 2.38. The van der Waals surface area contributed by atoms with E-state index in [0.717, 1.165) is 63.4 Å². The van der Waals surface area contributed by atoms with E-state index < -0.39 is 0 Å². The zero-order valence-electron chi connectivity index (χ0n) is 29.4. The number of rotatable bonds is 5. The van der Waals surface area contributed by atoms with Crippen LogP contribution in [0.4, 0.5) is 0 Å². The monoisotopic (exact) mass is 716 g/mol. The van der Waals surface area contributed by atoms with Crippen LogP contribution in [-0.4, -0.2) is 18.5 Å². The van der Waals surface area contributed by atoms with Gasteiger partial charge in [-0.2, -0.15) is 5.26 Å². The maximum Gasteiger partial charge on any atom is 0.0951 e. The van der Waals surface area contributed by atoms with Crippen molar-refractivity contribution in [3.8, 4) is 6.07 Å². The van der Waals surface area contributed by atoms with Crippen LogP contribution in [0.15, 0.2) is 107 Å². The number of allylic oxidation sites excluding steroid dienone is 11. The predicted octanol–water partition coefficient (Wildman–Crippen LogP) is 10.5. The number of aryl methyl sites for hydroxylation is 1. The van der Waals surface area contributed by atoms with Crippen LogP contribution < -0.4 is 16.0 Å². The van der Waals surface area contributed by atoms with E-state index in [9.17, 15) is 5.26 Å². The first-order valence-corrected chi connectivity index (χ1v) is 20.9. The number of thiophene rings is 2. The summed E-state index contributed by atoms with van der Waals surface area (Å²) in [5.74, 6) is 0.719. The minimum Gasteiger partial charge on any atom is -0.282 e. The number of fused-ring (bicyclic) bond motifs is 6. The standard InChI is InChI=1S/C46H44N4S2/c47-27-29-14-4-5-15-35(29)46-49-44(28-12-2-1-3-13-28)48-45(50-46)32-25-30(33-18-10-20-38-36-16-6-8-22-40(36)51-42(33)38)24-31(26-32)34-19-11-21-39-37-17-7-9-23-41(37)52-43(34)39/h1-2,4-6,9-12,14,16,18,20-21,23,25-26,30,34-35,44-46,48-50H,3,7-8,13,15,17,19,22,24H2. The maximum atomic E-state index is 10.2. The fraction of sp³-hybridized carbons (Fsp3) is 0.326. The van der Waals surface area contributed by atoms with Crippen molar-refractivity contribution < 1.29 is 0 Å². The summed E-state index contributed by atoms with van der Waals surface area (Å²) >= 11 is 4.06. The van der Waals surface area contributed by atoms with Crippen molar-refractivity contribution in [2.45, 2.75) is 88.1 Å². The molecule has 0 spiro atoms. The lowest BCUT2D eigenvalue weighted by molar-refractivity contribution is 0.198. The van der Waals surface area contributed by atoms with Crippen molar-refractivity contribution in [1.29, 1.82) is 5.26 Å². The van der Waals surface area contributed by atoms with Gasteiger partial charge in [-0.15, -0.1) is 22.7 Å². The van der Waals surface area contributed by atoms with Crippen molar-refractivity contribution in [3.05, 3.63) is 144 Å². The van der Waals surface area contributed by atoms with Gasteiger partial charge in [0.1, 0.15) is 0 Å². The molecule has 7 aliphatic rings. The molecule has 3 heterocycles. The molecule has 0 amide bonds. The van der Waals surface area contributed by atoms with Crippen LogP contribution in [0.3, 0.4) is 0 Å². The van der Waals surface area contributed by atoms with Crippen LogP contribution in [-0.2, 0) is 12.8 Å². The van der Waals surface area contributed by atoms with Gasteiger partial charge in [-0.1, -0.05) is 96.7 Å². The highest BCUT2D eigenvalue weighted by molar-refractivity contribution is 7.19. The minimum atomic E-state index is -0.0662. The van der Waals surface area contributed by atoms with Gasteiger partial charge in [0.05, 0.1) is 24.6 Å². The summed E-state index contributed by atoms with van der Waals surface area (Å²) in [6, 6.07) is 9.57. The summed E-state index contributed by atoms with van der Waals surface area (Å²) in [4.78, 5) is 4.55. The van der Waals surface area contributed by atoms with Crippen molar-refractivity contribution in [3.63, 3.8) is 0 Å². The molecule has 6 aliphatic carbocycles. The first-order valence-electron chi connectivity index (χ1n) is 19.2. The normalized spacial score (nSPS) is 29.1. The second-order valence-corrected chi connectivity index (χ2v) is 17.4. The largest absolute Gasteiger partial charge is 0.282 e. The first kappa shape index (κ1) is 32.6. The molecule has 1 aliphatic heterocycles. The van der Waals surface area contributed by atoms with Crippen LogP contribution in [0.5, 0.6) is 0 Å². The Bertz CT molecular complexity index is 2270. The molecule has 1 fully saturated rings. The summed E-state index contributed by atoms with van der Waals surface area (Å²) in [5.41, 5.74) is 11.0. The lowest BCUT2D eigenvalue weighted by atomic mass is 9.76. The Labute approximate surface area is 315 Å². The molecule has 6 unspecified atom stereocenters. The predicted molar refractivity (Wildman–Crippen MR) is 219 cm³/mol. The van der Waals surface area contributed by atoms with Crippen molar-refractivity contribution >= 4 is 51.0 Å². The minimum absolute atomic E-state index is 0.0180. The molecule has 0 bridgehead atoms. The molecule has 2 aromatic heterocycles. The lowest BCUT2D eigenvalue weighted by Crippen LogP contribution is -2.70. The Balaban J connectivity index is 1.08. The molecule has 4 nitrogen and oxygen atoms in total. The number of benzene rings is 1. The molecule has 52 heavy (non-hydrogen) atoms. The molecule has 6 atom stereocenters. The van der Waals surface area contributed by atoms with Gasteiger partial charge in [-0.3, -0.25) is 16.0 Å². The number of hydrogen-bond acceptors (Lipinski definition) is 6. The smallest absolute Gasteiger partial charge is 0.0951 e. The third-order valence-corrected chi connectivity index (χ3v) is 14.8. The molecule has 260 valence electrons. The molecule has 1 saturated heterocycles. The van der Waals surface area contributed by atoms with Gasteiger partial charge in [0, 0.05) is 48.0 Å². The van der Waals surface area contributed by atoms with Crippen molar-refractivity contribution in [2.75, 3.05) is 0 Å². The van der Waals surface area contributed by atoms with Gasteiger partial charge in [0.2, 0.25) is 0 Å². The summed E-state index contributed by atoms with van der Waals surface area (Å²) in [6.45, 7) is 0. The third kappa shape index (κ3) is 5.75. The molecule has 6 heteroatoms. The van der Waals surface area contributed by atoms with Crippen molar-refractivity contribution in [1.82, 2.24) is 16.0 Å². The van der Waals surface area contributed by atoms with E-state index in [1.165, 1.54) is 47.7 Å². The Kier molecular flexibility index (Phi) is 8.58. The summed E-state index contributed by atoms with van der Waals surface area (Å²) in [6.07, 6.45) is 41.9. The van der Waals surface area contributed by atoms with Gasteiger partial charge >= 0.3 is 0 Å². The van der Waals surface area contributed by atoms with Crippen LogP contribution in [0, 0.1) is 17.2 Å². The van der Waals surface area contributed by atoms with E-state index in [1.807, 2.05) is 34.8 Å². The van der Waals surface area contributed by atoms with E-state index in [1.54, 1.807) is 16.0 Å². The van der Waals surface area contributed by atoms with E-state index in [-0.39, 0.29) is 30.3 Å². The van der Waals surface area contributed by atoms with E-state index in [2.05, 4.69) is 113 Å². The number of hydrogen-bond donors (Lipinski definition) is 3. The molecule has 0 radical (unpaired) electrons. The SMILES string of the molecule is N#CC1=CC=CCC1C1NC(C2=CC(c3cccc4c5c(sc34)CCC=C5)CC(C3CC=Cc4c3sc3c4CCC=C3)=C2)NC(C2=CC=CCC2)N1. The quantitative estimate of drug-likeness (QED) is 0.246. The molecule has 3 aromatic rings. The fourth-order valence-corrected chi connectivity index (χ4v) is 12.4. The second-order valence-electron chi connectivity index (χ2n) is 15.2. The van der Waals surface area contributed by atoms with Gasteiger partial charge in [0.15, 0.2) is 0 Å². The molecule has 3 N–H and O–H groups in total. The summed E-state index contributed by atoms with van der Waals surface area (Å²) in [7, 11) is 0. The first-order chi connectivity index (χ1) is 25.7. The highest BCUT2D eigenvalue weighted by atomic mass is 32.1. The molecule has 10 rings (SSSR count). The molecule has 1 aromatic carbocycles. The topological polar surface area (TPSA) is 59.9 Å². The van der Waals surface area contributed by atoms with E-state index in [4.69, 9.17) is 0 Å². The van der Waals surface area contributed by atoms with Crippen LogP contribution in [0.1, 0.15) is 93.7 Å². The Morgan fingerprint density at radius 3 is 2.56 bits per heavy atom. The van der Waals surface area contributed by atoms with Gasteiger partial charge in [0.25, 0.3) is 0 Å². The molecular formula is C46H44N4S2. The number of nitriles is 1. The van der Waals surface area contributed by atoms with E-state index in [0.29, 0.717) is 5.92 Å². The van der Waals surface area contributed by atoms with Crippen LogP contribution in [0.2, 0.25) is 0 Å². The molecular weight excluding hydrogens is 673 g/mol. The fourth-order valence-electron chi connectivity index (χ4n) is 9.55. The highest BCUT2D eigenvalue weighted by Crippen LogP contribution is 2.50. The van der Waals surface area contributed by atoms with Crippen LogP contribution >= 0.6 is 22.7 Å². The summed E-state index contributed by atoms with van der Waals surface area (Å²) < 4.78 is 1.46. The Morgan fingerprint density at radius 1 is 0.769 bits per heavy atom. The third-order valence-electron chi connectivity index (χ3n) is 12.2. The van der Waals surface area contributed by atoms with Gasteiger partial charge in [-0.05, 0) is 103 Å². The van der Waals surface area contributed by atoms with Crippen molar-refractivity contribution in [2.24, 2.45) is 5.92 Å². The summed E-state index contributed by atoms with van der Waals surface area (Å²) in [5, 5.41) is 23.6. The molecule has 0 saturated carbocycles. The van der Waals surface area contributed by atoms with Gasteiger partial charge < -0.3 is 0 Å². The lowest BCUT2D eigenvalue weighted by Gasteiger charge is -2.44. The average molecular weight is 717 g/mol. The number of nitrogens with one attached hydrogen (secondary N) is 3. The zero-order chi connectivity index (χ0) is 34.6. The van der Waals surface area contributed by atoms with Crippen LogP contribution in [0.25, 0.3) is 28.3 Å².